The first-order valence-electron chi connectivity index (χ1n) is 6.31. The third-order valence-electron chi connectivity index (χ3n) is 2.93. The number of nitrogens with one attached hydrogen (secondary N) is 1. The molecule has 4 nitrogen and oxygen atoms in total. The number of halogens is 1. The van der Waals surface area contributed by atoms with Crippen LogP contribution in [0.4, 0.5) is 10.1 Å². The van der Waals surface area contributed by atoms with Crippen LogP contribution >= 0.6 is 0 Å². The molecule has 0 spiro atoms. The quantitative estimate of drug-likeness (QED) is 0.897. The highest BCUT2D eigenvalue weighted by molar-refractivity contribution is 5.98. The van der Waals surface area contributed by atoms with Gasteiger partial charge in [-0.3, -0.25) is 9.78 Å². The van der Waals surface area contributed by atoms with E-state index in [2.05, 4.69) is 10.3 Å². The SMILES string of the molecule is CC(Cc1ccc(F)cc1)NC(=O)c1ccncc1N. The van der Waals surface area contributed by atoms with Crippen LogP contribution in [-0.2, 0) is 6.42 Å². The summed E-state index contributed by atoms with van der Waals surface area (Å²) in [7, 11) is 0. The molecule has 0 bridgehead atoms. The Kier molecular flexibility index (Phi) is 4.30. The smallest absolute Gasteiger partial charge is 0.253 e. The summed E-state index contributed by atoms with van der Waals surface area (Å²) in [5, 5.41) is 2.86. The summed E-state index contributed by atoms with van der Waals surface area (Å²) in [5.41, 5.74) is 7.42. The van der Waals surface area contributed by atoms with Crippen LogP contribution in [0, 0.1) is 5.82 Å². The molecule has 1 aromatic heterocycles. The molecule has 0 aliphatic carbocycles. The summed E-state index contributed by atoms with van der Waals surface area (Å²) in [5.74, 6) is -0.505. The summed E-state index contributed by atoms with van der Waals surface area (Å²) in [4.78, 5) is 15.9. The van der Waals surface area contributed by atoms with E-state index in [1.807, 2.05) is 6.92 Å². The molecule has 1 unspecified atom stereocenters. The largest absolute Gasteiger partial charge is 0.397 e. The summed E-state index contributed by atoms with van der Waals surface area (Å²) in [6.45, 7) is 1.89. The molecule has 0 aliphatic heterocycles. The second kappa shape index (κ2) is 6.14. The minimum absolute atomic E-state index is 0.0828. The maximum atomic E-state index is 12.8. The monoisotopic (exact) mass is 273 g/mol. The van der Waals surface area contributed by atoms with Gasteiger partial charge < -0.3 is 11.1 Å². The highest BCUT2D eigenvalue weighted by Crippen LogP contribution is 2.10. The van der Waals surface area contributed by atoms with Crippen molar-refractivity contribution in [2.75, 3.05) is 5.73 Å². The Balaban J connectivity index is 1.98. The van der Waals surface area contributed by atoms with E-state index >= 15 is 0 Å². The van der Waals surface area contributed by atoms with E-state index in [1.54, 1.807) is 18.2 Å². The van der Waals surface area contributed by atoms with Crippen molar-refractivity contribution in [3.63, 3.8) is 0 Å². The fraction of sp³-hybridized carbons (Fsp3) is 0.200. The van der Waals surface area contributed by atoms with Crippen molar-refractivity contribution in [3.05, 3.63) is 59.7 Å². The number of hydrogen-bond acceptors (Lipinski definition) is 3. The third-order valence-corrected chi connectivity index (χ3v) is 2.93. The number of nitrogens with two attached hydrogens (primary N) is 1. The second-order valence-electron chi connectivity index (χ2n) is 4.67. The van der Waals surface area contributed by atoms with Gasteiger partial charge in [-0.15, -0.1) is 0 Å². The van der Waals surface area contributed by atoms with Gasteiger partial charge in [0.05, 0.1) is 17.4 Å². The number of rotatable bonds is 4. The van der Waals surface area contributed by atoms with E-state index in [0.717, 1.165) is 5.56 Å². The fourth-order valence-electron chi connectivity index (χ4n) is 1.94. The summed E-state index contributed by atoms with van der Waals surface area (Å²) < 4.78 is 12.8. The number of amides is 1. The van der Waals surface area contributed by atoms with E-state index in [1.165, 1.54) is 24.5 Å². The van der Waals surface area contributed by atoms with Gasteiger partial charge in [0.2, 0.25) is 0 Å². The number of carbonyl (C=O) groups is 1. The topological polar surface area (TPSA) is 68.0 Å². The molecule has 3 N–H and O–H groups in total. The predicted octanol–water partition coefficient (Wildman–Crippen LogP) is 2.16. The van der Waals surface area contributed by atoms with E-state index in [0.29, 0.717) is 17.7 Å². The van der Waals surface area contributed by atoms with Gasteiger partial charge in [0, 0.05) is 12.2 Å². The minimum Gasteiger partial charge on any atom is -0.397 e. The van der Waals surface area contributed by atoms with Crippen LogP contribution in [0.5, 0.6) is 0 Å². The van der Waals surface area contributed by atoms with Gasteiger partial charge in [-0.25, -0.2) is 4.39 Å². The average molecular weight is 273 g/mol. The van der Waals surface area contributed by atoms with Crippen LogP contribution in [0.3, 0.4) is 0 Å². The first kappa shape index (κ1) is 14.0. The molecule has 1 atom stereocenters. The van der Waals surface area contributed by atoms with Gasteiger partial charge in [-0.05, 0) is 37.1 Å². The number of nitrogen functional groups attached to an aromatic ring is 1. The van der Waals surface area contributed by atoms with E-state index in [4.69, 9.17) is 5.73 Å². The average Bonchev–Trinajstić information content (AvgIpc) is 2.41. The molecule has 20 heavy (non-hydrogen) atoms. The molecule has 0 saturated heterocycles. The van der Waals surface area contributed by atoms with Crippen LogP contribution in [0.2, 0.25) is 0 Å². The van der Waals surface area contributed by atoms with Gasteiger partial charge in [0.25, 0.3) is 5.91 Å². The fourth-order valence-corrected chi connectivity index (χ4v) is 1.94. The Morgan fingerprint density at radius 1 is 1.35 bits per heavy atom. The Morgan fingerprint density at radius 2 is 2.05 bits per heavy atom. The van der Waals surface area contributed by atoms with Crippen molar-refractivity contribution in [1.82, 2.24) is 10.3 Å². The van der Waals surface area contributed by atoms with E-state index in [-0.39, 0.29) is 17.8 Å². The van der Waals surface area contributed by atoms with E-state index in [9.17, 15) is 9.18 Å². The zero-order valence-electron chi connectivity index (χ0n) is 11.1. The number of anilines is 1. The summed E-state index contributed by atoms with van der Waals surface area (Å²) in [6.07, 6.45) is 3.59. The van der Waals surface area contributed by atoms with Crippen molar-refractivity contribution in [2.24, 2.45) is 0 Å². The van der Waals surface area contributed by atoms with Crippen LogP contribution in [0.25, 0.3) is 0 Å². The zero-order chi connectivity index (χ0) is 14.5. The number of benzene rings is 1. The lowest BCUT2D eigenvalue weighted by atomic mass is 10.1. The van der Waals surface area contributed by atoms with Gasteiger partial charge in [0.15, 0.2) is 0 Å². The van der Waals surface area contributed by atoms with Crippen molar-refractivity contribution in [3.8, 4) is 0 Å². The lowest BCUT2D eigenvalue weighted by molar-refractivity contribution is 0.0941. The molecule has 2 rings (SSSR count). The molecule has 0 radical (unpaired) electrons. The molecule has 1 amide bonds. The number of carbonyl (C=O) groups excluding carboxylic acids is 1. The summed E-state index contributed by atoms with van der Waals surface area (Å²) in [6, 6.07) is 7.73. The predicted molar refractivity (Wildman–Crippen MR) is 75.7 cm³/mol. The molecular formula is C15H16FN3O. The van der Waals surface area contributed by atoms with Crippen LogP contribution < -0.4 is 11.1 Å². The molecule has 1 aromatic carbocycles. The van der Waals surface area contributed by atoms with Crippen LogP contribution in [-0.4, -0.2) is 16.9 Å². The molecule has 0 fully saturated rings. The van der Waals surface area contributed by atoms with Gasteiger partial charge >= 0.3 is 0 Å². The summed E-state index contributed by atoms with van der Waals surface area (Å²) >= 11 is 0. The lowest BCUT2D eigenvalue weighted by Crippen LogP contribution is -2.34. The Bertz CT molecular complexity index is 598. The van der Waals surface area contributed by atoms with Gasteiger partial charge in [-0.2, -0.15) is 0 Å². The zero-order valence-corrected chi connectivity index (χ0v) is 11.1. The Labute approximate surface area is 116 Å². The Hall–Kier alpha value is -2.43. The first-order valence-corrected chi connectivity index (χ1v) is 6.31. The first-order chi connectivity index (χ1) is 9.56. The Morgan fingerprint density at radius 3 is 2.70 bits per heavy atom. The van der Waals surface area contributed by atoms with Crippen LogP contribution in [0.1, 0.15) is 22.8 Å². The maximum absolute atomic E-state index is 12.8. The van der Waals surface area contributed by atoms with E-state index < -0.39 is 0 Å². The van der Waals surface area contributed by atoms with Crippen molar-refractivity contribution < 1.29 is 9.18 Å². The number of pyridine rings is 1. The third kappa shape index (κ3) is 3.54. The minimum atomic E-state index is -0.269. The molecule has 0 aliphatic rings. The molecule has 0 saturated carbocycles. The molecule has 104 valence electrons. The molecular weight excluding hydrogens is 257 g/mol. The van der Waals surface area contributed by atoms with Crippen LogP contribution in [0.15, 0.2) is 42.7 Å². The van der Waals surface area contributed by atoms with Crippen molar-refractivity contribution in [2.45, 2.75) is 19.4 Å². The molecule has 2 aromatic rings. The number of hydrogen-bond donors (Lipinski definition) is 2. The highest BCUT2D eigenvalue weighted by atomic mass is 19.1. The highest BCUT2D eigenvalue weighted by Gasteiger charge is 2.12. The number of nitrogens with zero attached hydrogens (tertiary/aromatic N) is 1. The molecule has 5 heteroatoms. The van der Waals surface area contributed by atoms with Gasteiger partial charge in [0.1, 0.15) is 5.82 Å². The van der Waals surface area contributed by atoms with Crippen molar-refractivity contribution >= 4 is 11.6 Å². The van der Waals surface area contributed by atoms with Gasteiger partial charge in [-0.1, -0.05) is 12.1 Å². The lowest BCUT2D eigenvalue weighted by Gasteiger charge is -2.14. The van der Waals surface area contributed by atoms with Crippen molar-refractivity contribution in [1.29, 1.82) is 0 Å². The normalized spacial score (nSPS) is 11.9. The molecule has 1 heterocycles. The second-order valence-corrected chi connectivity index (χ2v) is 4.67. The maximum Gasteiger partial charge on any atom is 0.253 e. The number of aromatic nitrogens is 1. The standard InChI is InChI=1S/C15H16FN3O/c1-10(8-11-2-4-12(16)5-3-11)19-15(20)13-6-7-18-9-14(13)17/h2-7,9-10H,8,17H2,1H3,(H,19,20).